The van der Waals surface area contributed by atoms with E-state index in [0.29, 0.717) is 11.8 Å². The van der Waals surface area contributed by atoms with Gasteiger partial charge in [-0.2, -0.15) is 0 Å². The normalized spacial score (nSPS) is 11.2. The summed E-state index contributed by atoms with van der Waals surface area (Å²) < 4.78 is 22.6. The summed E-state index contributed by atoms with van der Waals surface area (Å²) >= 11 is 0. The van der Waals surface area contributed by atoms with Gasteiger partial charge in [-0.15, -0.1) is 10.2 Å². The van der Waals surface area contributed by atoms with E-state index in [-0.39, 0.29) is 0 Å². The van der Waals surface area contributed by atoms with Crippen LogP contribution in [0.25, 0.3) is 41.1 Å². The number of unbranched alkanes of at least 4 members (excludes halogenated alkanes) is 7. The van der Waals surface area contributed by atoms with Crippen LogP contribution in [0.3, 0.4) is 0 Å². The minimum absolute atomic E-state index is 0.547. The van der Waals surface area contributed by atoms with Crippen molar-refractivity contribution < 1.29 is 18.6 Å². The Morgan fingerprint density at radius 3 is 1.79 bits per heavy atom. The number of hydrogen-bond donors (Lipinski definition) is 0. The quantitative estimate of drug-likeness (QED) is 0.0669. The summed E-state index contributed by atoms with van der Waals surface area (Å²) in [4.78, 5) is 0. The van der Waals surface area contributed by atoms with Gasteiger partial charge < -0.3 is 18.6 Å². The first-order valence-electron chi connectivity index (χ1n) is 18.6. The molecule has 274 valence electrons. The van der Waals surface area contributed by atoms with Crippen molar-refractivity contribution in [1.82, 2.24) is 10.2 Å². The standard InChI is InChI=1S/C31H44O3.C15H12N2O/c1-6-15-28-24-30(33-5)29(23-26(28)3)19-18-27-17-16-25(2)22-31(27)34-21-14-12-10-8-7-9-11-13-20-32-4;1-11-7-9-13(10-8-11)15-17-16-14(18-15)12-5-3-2-4-6-12/h6,15-19,22-24H,7-14,20-21H2,1-5H3;2-10H,1H3/b15-6+,19-18+;. The molecule has 0 aliphatic rings. The van der Waals surface area contributed by atoms with Crippen LogP contribution in [0.15, 0.2) is 95.4 Å². The Labute approximate surface area is 311 Å². The molecule has 0 aliphatic carbocycles. The van der Waals surface area contributed by atoms with Gasteiger partial charge in [-0.1, -0.05) is 111 Å². The fourth-order valence-corrected chi connectivity index (χ4v) is 5.80. The second kappa shape index (κ2) is 22.1. The molecule has 52 heavy (non-hydrogen) atoms. The fourth-order valence-electron chi connectivity index (χ4n) is 5.80. The third kappa shape index (κ3) is 13.0. The number of methoxy groups -OCH3 is 2. The lowest BCUT2D eigenvalue weighted by molar-refractivity contribution is 0.192. The number of aromatic nitrogens is 2. The number of rotatable bonds is 18. The number of nitrogens with zero attached hydrogens (tertiary/aromatic N) is 2. The molecular weight excluding hydrogens is 645 g/mol. The van der Waals surface area contributed by atoms with Crippen LogP contribution in [-0.2, 0) is 4.74 Å². The number of ether oxygens (including phenoxy) is 3. The van der Waals surface area contributed by atoms with E-state index in [1.165, 1.54) is 67.2 Å². The molecule has 0 saturated carbocycles. The Bertz CT molecular complexity index is 1820. The molecule has 0 aliphatic heterocycles. The maximum absolute atomic E-state index is 6.20. The Kier molecular flexibility index (Phi) is 16.9. The molecule has 1 heterocycles. The molecule has 6 heteroatoms. The van der Waals surface area contributed by atoms with Crippen molar-refractivity contribution in [3.8, 4) is 34.4 Å². The first-order chi connectivity index (χ1) is 25.4. The Balaban J connectivity index is 0.000000279. The smallest absolute Gasteiger partial charge is 0.248 e. The first-order valence-corrected chi connectivity index (χ1v) is 18.6. The molecule has 6 nitrogen and oxygen atoms in total. The third-order valence-corrected chi connectivity index (χ3v) is 8.82. The highest BCUT2D eigenvalue weighted by Crippen LogP contribution is 2.29. The number of benzene rings is 4. The topological polar surface area (TPSA) is 66.6 Å². The molecule has 0 N–H and O–H groups in total. The summed E-state index contributed by atoms with van der Waals surface area (Å²) in [5, 5.41) is 8.14. The average Bonchev–Trinajstić information content (AvgIpc) is 3.66. The minimum Gasteiger partial charge on any atom is -0.496 e. The van der Waals surface area contributed by atoms with Gasteiger partial charge in [0.25, 0.3) is 0 Å². The summed E-state index contributed by atoms with van der Waals surface area (Å²) in [5.41, 5.74) is 8.88. The summed E-state index contributed by atoms with van der Waals surface area (Å²) in [6.07, 6.45) is 18.5. The van der Waals surface area contributed by atoms with Crippen molar-refractivity contribution >= 4 is 18.2 Å². The van der Waals surface area contributed by atoms with E-state index in [0.717, 1.165) is 53.4 Å². The highest BCUT2D eigenvalue weighted by Gasteiger charge is 2.10. The zero-order chi connectivity index (χ0) is 37.0. The lowest BCUT2D eigenvalue weighted by atomic mass is 10.0. The highest BCUT2D eigenvalue weighted by molar-refractivity contribution is 5.76. The monoisotopic (exact) mass is 700 g/mol. The van der Waals surface area contributed by atoms with Crippen LogP contribution in [0.1, 0.15) is 91.7 Å². The van der Waals surface area contributed by atoms with Gasteiger partial charge >= 0.3 is 0 Å². The van der Waals surface area contributed by atoms with Crippen molar-refractivity contribution in [3.05, 3.63) is 124 Å². The van der Waals surface area contributed by atoms with Crippen LogP contribution in [0.5, 0.6) is 11.5 Å². The van der Waals surface area contributed by atoms with Crippen LogP contribution in [-0.4, -0.2) is 37.6 Å². The summed E-state index contributed by atoms with van der Waals surface area (Å²) in [7, 11) is 3.50. The molecular formula is C46H56N2O4. The van der Waals surface area contributed by atoms with Gasteiger partial charge in [0.15, 0.2) is 0 Å². The number of aryl methyl sites for hydroxylation is 3. The molecule has 0 saturated heterocycles. The lowest BCUT2D eigenvalue weighted by Crippen LogP contribution is -1.99. The van der Waals surface area contributed by atoms with Gasteiger partial charge in [-0.3, -0.25) is 0 Å². The maximum Gasteiger partial charge on any atom is 0.248 e. The molecule has 5 rings (SSSR count). The van der Waals surface area contributed by atoms with Gasteiger partial charge in [0.2, 0.25) is 11.8 Å². The van der Waals surface area contributed by atoms with Crippen LogP contribution >= 0.6 is 0 Å². The highest BCUT2D eigenvalue weighted by atomic mass is 16.5. The van der Waals surface area contributed by atoms with E-state index < -0.39 is 0 Å². The molecule has 0 atom stereocenters. The number of hydrogen-bond acceptors (Lipinski definition) is 6. The lowest BCUT2D eigenvalue weighted by Gasteiger charge is -2.12. The predicted molar refractivity (Wildman–Crippen MR) is 217 cm³/mol. The summed E-state index contributed by atoms with van der Waals surface area (Å²) in [6, 6.07) is 28.5. The Hall–Kier alpha value is -4.94. The third-order valence-electron chi connectivity index (χ3n) is 8.82. The van der Waals surface area contributed by atoms with E-state index >= 15 is 0 Å². The Morgan fingerprint density at radius 2 is 1.15 bits per heavy atom. The molecule has 0 radical (unpaired) electrons. The van der Waals surface area contributed by atoms with Gasteiger partial charge in [0.1, 0.15) is 11.5 Å². The Morgan fingerprint density at radius 1 is 0.558 bits per heavy atom. The van der Waals surface area contributed by atoms with Gasteiger partial charge in [-0.05, 0) is 99.7 Å². The van der Waals surface area contributed by atoms with E-state index in [1.54, 1.807) is 14.2 Å². The molecule has 0 fully saturated rings. The largest absolute Gasteiger partial charge is 0.496 e. The second-order valence-corrected chi connectivity index (χ2v) is 13.1. The summed E-state index contributed by atoms with van der Waals surface area (Å²) in [6.45, 7) is 9.98. The van der Waals surface area contributed by atoms with Crippen molar-refractivity contribution in [3.63, 3.8) is 0 Å². The van der Waals surface area contributed by atoms with Crippen LogP contribution < -0.4 is 9.47 Å². The average molecular weight is 701 g/mol. The molecule has 0 spiro atoms. The molecule has 5 aromatic rings. The molecule has 0 amide bonds. The predicted octanol–water partition coefficient (Wildman–Crippen LogP) is 12.4. The van der Waals surface area contributed by atoms with Gasteiger partial charge in [-0.25, -0.2) is 0 Å². The first kappa shape index (κ1) is 39.8. The fraction of sp³-hybridized carbons (Fsp3) is 0.348. The van der Waals surface area contributed by atoms with Gasteiger partial charge in [0, 0.05) is 36.0 Å². The van der Waals surface area contributed by atoms with Crippen molar-refractivity contribution in [2.24, 2.45) is 0 Å². The second-order valence-electron chi connectivity index (χ2n) is 13.1. The van der Waals surface area contributed by atoms with E-state index in [9.17, 15) is 0 Å². The maximum atomic E-state index is 6.20. The van der Waals surface area contributed by atoms with Crippen molar-refractivity contribution in [2.45, 2.75) is 79.1 Å². The van der Waals surface area contributed by atoms with Crippen LogP contribution in [0, 0.1) is 20.8 Å². The van der Waals surface area contributed by atoms with Crippen molar-refractivity contribution in [2.75, 3.05) is 27.4 Å². The van der Waals surface area contributed by atoms with E-state index in [2.05, 4.69) is 78.7 Å². The molecule has 1 aromatic heterocycles. The summed E-state index contributed by atoms with van der Waals surface area (Å²) in [5.74, 6) is 2.93. The SMILES string of the molecule is C/C=C/c1cc(OC)c(/C=C/c2ccc(C)cc2OCCCCCCCCCCOC)cc1C.Cc1ccc(-c2nnc(-c3ccccc3)o2)cc1. The van der Waals surface area contributed by atoms with Crippen molar-refractivity contribution in [1.29, 1.82) is 0 Å². The van der Waals surface area contributed by atoms with Gasteiger partial charge in [0.05, 0.1) is 13.7 Å². The number of allylic oxidation sites excluding steroid dienone is 1. The van der Waals surface area contributed by atoms with Crippen LogP contribution in [0.2, 0.25) is 0 Å². The van der Waals surface area contributed by atoms with E-state index in [4.69, 9.17) is 18.6 Å². The zero-order valence-electron chi connectivity index (χ0n) is 32.0. The molecule has 0 bridgehead atoms. The molecule has 0 unspecified atom stereocenters. The van der Waals surface area contributed by atoms with Crippen LogP contribution in [0.4, 0.5) is 0 Å². The zero-order valence-corrected chi connectivity index (χ0v) is 32.0. The molecule has 4 aromatic carbocycles. The van der Waals surface area contributed by atoms with E-state index in [1.807, 2.05) is 68.4 Å². The minimum atomic E-state index is 0.547.